The number of anilines is 1. The zero-order valence-corrected chi connectivity index (χ0v) is 10.6. The number of hydrogen-bond donors (Lipinski definition) is 2. The van der Waals surface area contributed by atoms with E-state index in [1.807, 2.05) is 12.1 Å². The molecular weight excluding hydrogens is 232 g/mol. The second kappa shape index (κ2) is 8.49. The molecule has 0 bridgehead atoms. The predicted octanol–water partition coefficient (Wildman–Crippen LogP) is 1.95. The molecule has 0 saturated carbocycles. The van der Waals surface area contributed by atoms with Gasteiger partial charge in [0.2, 0.25) is 0 Å². The van der Waals surface area contributed by atoms with Crippen molar-refractivity contribution >= 4 is 11.7 Å². The van der Waals surface area contributed by atoms with Crippen molar-refractivity contribution in [1.82, 2.24) is 0 Å². The summed E-state index contributed by atoms with van der Waals surface area (Å²) in [4.78, 5) is 16.1. The minimum absolute atomic E-state index is 0.278. The zero-order chi connectivity index (χ0) is 13.2. The van der Waals surface area contributed by atoms with Crippen LogP contribution in [0.4, 0.5) is 5.69 Å². The number of nitrogens with one attached hydrogen (secondary N) is 1. The second-order valence-electron chi connectivity index (χ2n) is 3.86. The van der Waals surface area contributed by atoms with Gasteiger partial charge in [-0.25, -0.2) is 10.7 Å². The van der Waals surface area contributed by atoms with Crippen LogP contribution in [-0.4, -0.2) is 25.7 Å². The van der Waals surface area contributed by atoms with Gasteiger partial charge in [0, 0.05) is 12.2 Å². The highest BCUT2D eigenvalue weighted by molar-refractivity contribution is 5.89. The molecule has 100 valence electrons. The van der Waals surface area contributed by atoms with Crippen molar-refractivity contribution in [2.75, 3.05) is 25.1 Å². The Bertz CT molecular complexity index is 352. The maximum absolute atomic E-state index is 11.6. The van der Waals surface area contributed by atoms with Crippen LogP contribution in [0.3, 0.4) is 0 Å². The molecule has 0 heterocycles. The molecule has 0 atom stereocenters. The highest BCUT2D eigenvalue weighted by Crippen LogP contribution is 2.10. The number of unbranched alkanes of at least 4 members (excludes halogenated alkanes) is 1. The molecule has 0 unspecified atom stereocenters. The molecule has 1 aromatic carbocycles. The average Bonchev–Trinajstić information content (AvgIpc) is 2.40. The maximum atomic E-state index is 11.6. The first kappa shape index (κ1) is 14.5. The number of esters is 1. The standard InChI is InChI=1S/C13H20N2O3/c1-2-3-9-17-13(16)11-4-6-12(7-5-11)15-8-10-18-14/h4-7,15H,2-3,8-10,14H2,1H3. The quantitative estimate of drug-likeness (QED) is 0.420. The van der Waals surface area contributed by atoms with Gasteiger partial charge in [-0.1, -0.05) is 13.3 Å². The minimum atomic E-state index is -0.278. The first-order valence-corrected chi connectivity index (χ1v) is 6.10. The molecule has 5 nitrogen and oxygen atoms in total. The fourth-order valence-electron chi connectivity index (χ4n) is 1.37. The van der Waals surface area contributed by atoms with E-state index in [4.69, 9.17) is 10.6 Å². The molecule has 0 saturated heterocycles. The summed E-state index contributed by atoms with van der Waals surface area (Å²) in [5, 5.41) is 3.11. The molecule has 3 N–H and O–H groups in total. The lowest BCUT2D eigenvalue weighted by Gasteiger charge is -2.07. The lowest BCUT2D eigenvalue weighted by Crippen LogP contribution is -2.12. The van der Waals surface area contributed by atoms with Gasteiger partial charge in [-0.05, 0) is 30.7 Å². The van der Waals surface area contributed by atoms with Crippen LogP contribution in [0.2, 0.25) is 0 Å². The third-order valence-electron chi connectivity index (χ3n) is 2.40. The van der Waals surface area contributed by atoms with E-state index in [0.717, 1.165) is 18.5 Å². The molecule has 5 heteroatoms. The van der Waals surface area contributed by atoms with E-state index in [1.54, 1.807) is 12.1 Å². The van der Waals surface area contributed by atoms with Gasteiger partial charge >= 0.3 is 5.97 Å². The SMILES string of the molecule is CCCCOC(=O)c1ccc(NCCON)cc1. The van der Waals surface area contributed by atoms with Crippen LogP contribution in [0.1, 0.15) is 30.1 Å². The lowest BCUT2D eigenvalue weighted by atomic mass is 10.2. The van der Waals surface area contributed by atoms with Gasteiger partial charge < -0.3 is 14.9 Å². The first-order chi connectivity index (χ1) is 8.77. The van der Waals surface area contributed by atoms with E-state index in [2.05, 4.69) is 17.1 Å². The van der Waals surface area contributed by atoms with Gasteiger partial charge in [-0.3, -0.25) is 0 Å². The van der Waals surface area contributed by atoms with Crippen molar-refractivity contribution in [3.63, 3.8) is 0 Å². The normalized spacial score (nSPS) is 10.1. The highest BCUT2D eigenvalue weighted by Gasteiger charge is 2.06. The molecule has 0 amide bonds. The Labute approximate surface area is 107 Å². The Hall–Kier alpha value is -1.59. The second-order valence-corrected chi connectivity index (χ2v) is 3.86. The predicted molar refractivity (Wildman–Crippen MR) is 70.3 cm³/mol. The Morgan fingerprint density at radius 1 is 1.28 bits per heavy atom. The number of rotatable bonds is 8. The van der Waals surface area contributed by atoms with Gasteiger partial charge in [-0.15, -0.1) is 0 Å². The van der Waals surface area contributed by atoms with Crippen LogP contribution in [-0.2, 0) is 9.57 Å². The fraction of sp³-hybridized carbons (Fsp3) is 0.462. The summed E-state index contributed by atoms with van der Waals surface area (Å²) in [6, 6.07) is 7.12. The summed E-state index contributed by atoms with van der Waals surface area (Å²) in [5.41, 5.74) is 1.48. The van der Waals surface area contributed by atoms with Crippen LogP contribution >= 0.6 is 0 Å². The number of nitrogens with two attached hydrogens (primary N) is 1. The van der Waals surface area contributed by atoms with E-state index in [0.29, 0.717) is 25.3 Å². The van der Waals surface area contributed by atoms with Crippen LogP contribution < -0.4 is 11.2 Å². The Morgan fingerprint density at radius 2 is 2.00 bits per heavy atom. The smallest absolute Gasteiger partial charge is 0.338 e. The van der Waals surface area contributed by atoms with Crippen molar-refractivity contribution < 1.29 is 14.4 Å². The zero-order valence-electron chi connectivity index (χ0n) is 10.6. The molecule has 0 aliphatic rings. The highest BCUT2D eigenvalue weighted by atomic mass is 16.6. The molecule has 0 fully saturated rings. The van der Waals surface area contributed by atoms with Gasteiger partial charge in [0.05, 0.1) is 18.8 Å². The molecular formula is C13H20N2O3. The molecule has 1 aromatic rings. The topological polar surface area (TPSA) is 73.6 Å². The number of hydrogen-bond acceptors (Lipinski definition) is 5. The fourth-order valence-corrected chi connectivity index (χ4v) is 1.37. The van der Waals surface area contributed by atoms with Crippen molar-refractivity contribution in [3.8, 4) is 0 Å². The summed E-state index contributed by atoms with van der Waals surface area (Å²) >= 11 is 0. The molecule has 0 aliphatic heterocycles. The summed E-state index contributed by atoms with van der Waals surface area (Å²) in [6.45, 7) is 3.58. The Morgan fingerprint density at radius 3 is 2.61 bits per heavy atom. The number of carbonyl (C=O) groups excluding carboxylic acids is 1. The number of carbonyl (C=O) groups is 1. The van der Waals surface area contributed by atoms with Crippen molar-refractivity contribution in [2.45, 2.75) is 19.8 Å². The molecule has 0 radical (unpaired) electrons. The summed E-state index contributed by atoms with van der Waals surface area (Å²) in [7, 11) is 0. The number of benzene rings is 1. The third kappa shape index (κ3) is 5.16. The Kier molecular flexibility index (Phi) is 6.83. The van der Waals surface area contributed by atoms with E-state index in [1.165, 1.54) is 0 Å². The molecule has 0 aromatic heterocycles. The van der Waals surface area contributed by atoms with Crippen LogP contribution in [0.25, 0.3) is 0 Å². The third-order valence-corrected chi connectivity index (χ3v) is 2.40. The van der Waals surface area contributed by atoms with E-state index >= 15 is 0 Å². The van der Waals surface area contributed by atoms with Crippen LogP contribution in [0.15, 0.2) is 24.3 Å². The summed E-state index contributed by atoms with van der Waals surface area (Å²) in [5.74, 6) is 4.64. The number of ether oxygens (including phenoxy) is 1. The van der Waals surface area contributed by atoms with Crippen molar-refractivity contribution in [1.29, 1.82) is 0 Å². The molecule has 0 spiro atoms. The first-order valence-electron chi connectivity index (χ1n) is 6.10. The molecule has 18 heavy (non-hydrogen) atoms. The summed E-state index contributed by atoms with van der Waals surface area (Å²) < 4.78 is 5.11. The van der Waals surface area contributed by atoms with E-state index < -0.39 is 0 Å². The average molecular weight is 252 g/mol. The Balaban J connectivity index is 2.41. The van der Waals surface area contributed by atoms with Crippen LogP contribution in [0, 0.1) is 0 Å². The summed E-state index contributed by atoms with van der Waals surface area (Å²) in [6.07, 6.45) is 1.91. The lowest BCUT2D eigenvalue weighted by molar-refractivity contribution is 0.0500. The van der Waals surface area contributed by atoms with Gasteiger partial charge in [-0.2, -0.15) is 0 Å². The van der Waals surface area contributed by atoms with E-state index in [-0.39, 0.29) is 5.97 Å². The van der Waals surface area contributed by atoms with Gasteiger partial charge in [0.15, 0.2) is 0 Å². The minimum Gasteiger partial charge on any atom is -0.462 e. The van der Waals surface area contributed by atoms with Crippen LogP contribution in [0.5, 0.6) is 0 Å². The van der Waals surface area contributed by atoms with Crippen molar-refractivity contribution in [2.24, 2.45) is 5.90 Å². The molecule has 1 rings (SSSR count). The van der Waals surface area contributed by atoms with E-state index in [9.17, 15) is 4.79 Å². The molecule has 0 aliphatic carbocycles. The van der Waals surface area contributed by atoms with Gasteiger partial charge in [0.25, 0.3) is 0 Å². The monoisotopic (exact) mass is 252 g/mol. The van der Waals surface area contributed by atoms with Gasteiger partial charge in [0.1, 0.15) is 0 Å². The maximum Gasteiger partial charge on any atom is 0.338 e. The largest absolute Gasteiger partial charge is 0.462 e. The van der Waals surface area contributed by atoms with Crippen molar-refractivity contribution in [3.05, 3.63) is 29.8 Å².